The van der Waals surface area contributed by atoms with Gasteiger partial charge in [-0.1, -0.05) is 48.2 Å². The van der Waals surface area contributed by atoms with E-state index in [1.807, 2.05) is 54.6 Å². The summed E-state index contributed by atoms with van der Waals surface area (Å²) >= 11 is 1.50. The Kier molecular flexibility index (Phi) is 3.74. The molecule has 0 radical (unpaired) electrons. The lowest BCUT2D eigenvalue weighted by molar-refractivity contribution is 0.0581. The fourth-order valence-corrected chi connectivity index (χ4v) is 2.64. The third kappa shape index (κ3) is 2.70. The number of aromatic nitrogens is 1. The molecule has 3 nitrogen and oxygen atoms in total. The van der Waals surface area contributed by atoms with Crippen LogP contribution >= 0.6 is 11.8 Å². The van der Waals surface area contributed by atoms with Gasteiger partial charge in [-0.15, -0.1) is 0 Å². The van der Waals surface area contributed by atoms with Gasteiger partial charge in [-0.05, 0) is 18.2 Å². The van der Waals surface area contributed by atoms with Gasteiger partial charge in [0.1, 0.15) is 5.94 Å². The van der Waals surface area contributed by atoms with E-state index in [-0.39, 0.29) is 5.97 Å². The molecule has 0 aliphatic carbocycles. The Labute approximate surface area is 121 Å². The molecule has 100 valence electrons. The number of H-pyrrole nitrogens is 1. The molecule has 2 aromatic carbocycles. The summed E-state index contributed by atoms with van der Waals surface area (Å²) in [7, 11) is 0. The van der Waals surface area contributed by atoms with E-state index in [0.29, 0.717) is 11.5 Å². The van der Waals surface area contributed by atoms with Crippen LogP contribution in [0.2, 0.25) is 0 Å². The number of para-hydroxylation sites is 1. The minimum Gasteiger partial charge on any atom is -0.451 e. The SMILES string of the molecule is O=C(OCSc1ccccc1)c1c[nH]c2ccccc12. The highest BCUT2D eigenvalue weighted by atomic mass is 32.2. The fourth-order valence-electron chi connectivity index (χ4n) is 1.99. The number of hydrogen-bond acceptors (Lipinski definition) is 3. The summed E-state index contributed by atoms with van der Waals surface area (Å²) < 4.78 is 5.30. The van der Waals surface area contributed by atoms with Crippen LogP contribution in [0.1, 0.15) is 10.4 Å². The Bertz CT molecular complexity index is 721. The molecule has 3 aromatic rings. The van der Waals surface area contributed by atoms with E-state index in [4.69, 9.17) is 4.74 Å². The lowest BCUT2D eigenvalue weighted by Gasteiger charge is -2.03. The Morgan fingerprint density at radius 2 is 1.80 bits per heavy atom. The first-order valence-corrected chi connectivity index (χ1v) is 7.24. The van der Waals surface area contributed by atoms with Gasteiger partial charge in [0, 0.05) is 22.0 Å². The van der Waals surface area contributed by atoms with E-state index in [9.17, 15) is 4.79 Å². The van der Waals surface area contributed by atoms with Crippen LogP contribution in [-0.2, 0) is 4.74 Å². The molecule has 4 heteroatoms. The first-order valence-electron chi connectivity index (χ1n) is 6.26. The smallest absolute Gasteiger partial charge is 0.341 e. The third-order valence-corrected chi connectivity index (χ3v) is 3.81. The quantitative estimate of drug-likeness (QED) is 0.446. The molecule has 1 heterocycles. The first-order chi connectivity index (χ1) is 9.84. The molecule has 0 atom stereocenters. The number of carbonyl (C=O) groups is 1. The highest BCUT2D eigenvalue weighted by molar-refractivity contribution is 7.99. The van der Waals surface area contributed by atoms with Gasteiger partial charge >= 0.3 is 5.97 Å². The molecule has 0 saturated carbocycles. The number of esters is 1. The van der Waals surface area contributed by atoms with Crippen molar-refractivity contribution >= 4 is 28.6 Å². The van der Waals surface area contributed by atoms with Gasteiger partial charge in [0.05, 0.1) is 5.56 Å². The zero-order chi connectivity index (χ0) is 13.8. The number of hydrogen-bond donors (Lipinski definition) is 1. The van der Waals surface area contributed by atoms with Crippen molar-refractivity contribution in [1.29, 1.82) is 0 Å². The molecular formula is C16H13NO2S. The minimum atomic E-state index is -0.300. The molecule has 0 amide bonds. The molecule has 0 aliphatic rings. The zero-order valence-electron chi connectivity index (χ0n) is 10.7. The van der Waals surface area contributed by atoms with E-state index in [1.165, 1.54) is 11.8 Å². The van der Waals surface area contributed by atoms with Crippen LogP contribution in [0.3, 0.4) is 0 Å². The topological polar surface area (TPSA) is 42.1 Å². The van der Waals surface area contributed by atoms with Gasteiger partial charge in [0.15, 0.2) is 0 Å². The van der Waals surface area contributed by atoms with Crippen LogP contribution < -0.4 is 0 Å². The molecule has 3 rings (SSSR count). The first kappa shape index (κ1) is 12.8. The summed E-state index contributed by atoms with van der Waals surface area (Å²) in [5, 5.41) is 0.891. The average Bonchev–Trinajstić information content (AvgIpc) is 2.92. The predicted octanol–water partition coefficient (Wildman–Crippen LogP) is 4.07. The van der Waals surface area contributed by atoms with Crippen molar-refractivity contribution in [2.75, 3.05) is 5.94 Å². The molecule has 0 bridgehead atoms. The number of fused-ring (bicyclic) bond motifs is 1. The second-order valence-corrected chi connectivity index (χ2v) is 5.25. The van der Waals surface area contributed by atoms with Crippen LogP contribution in [0.4, 0.5) is 0 Å². The molecule has 0 unspecified atom stereocenters. The molecule has 1 aromatic heterocycles. The monoisotopic (exact) mass is 283 g/mol. The van der Waals surface area contributed by atoms with Crippen LogP contribution in [-0.4, -0.2) is 16.9 Å². The van der Waals surface area contributed by atoms with Crippen LogP contribution in [0.15, 0.2) is 65.7 Å². The van der Waals surface area contributed by atoms with Crippen molar-refractivity contribution in [3.8, 4) is 0 Å². The second-order valence-electron chi connectivity index (χ2n) is 4.25. The van der Waals surface area contributed by atoms with Gasteiger partial charge in [-0.25, -0.2) is 4.79 Å². The Morgan fingerprint density at radius 3 is 2.65 bits per heavy atom. The summed E-state index contributed by atoms with van der Waals surface area (Å²) in [6, 6.07) is 17.5. The van der Waals surface area contributed by atoms with E-state index >= 15 is 0 Å². The number of ether oxygens (including phenoxy) is 1. The van der Waals surface area contributed by atoms with Gasteiger partial charge in [0.2, 0.25) is 0 Å². The van der Waals surface area contributed by atoms with E-state index < -0.39 is 0 Å². The number of rotatable bonds is 4. The Morgan fingerprint density at radius 1 is 1.05 bits per heavy atom. The molecule has 0 fully saturated rings. The van der Waals surface area contributed by atoms with Crippen molar-refractivity contribution in [1.82, 2.24) is 4.98 Å². The van der Waals surface area contributed by atoms with Crippen molar-refractivity contribution < 1.29 is 9.53 Å². The standard InChI is InChI=1S/C16H13NO2S/c18-16(19-11-20-12-6-2-1-3-7-12)14-10-17-15-9-5-4-8-13(14)15/h1-10,17H,11H2. The maximum atomic E-state index is 12.1. The predicted molar refractivity (Wildman–Crippen MR) is 80.9 cm³/mol. The molecule has 0 spiro atoms. The van der Waals surface area contributed by atoms with Gasteiger partial charge in [-0.2, -0.15) is 0 Å². The summed E-state index contributed by atoms with van der Waals surface area (Å²) in [5.41, 5.74) is 1.52. The van der Waals surface area contributed by atoms with Crippen LogP contribution in [0, 0.1) is 0 Å². The normalized spacial score (nSPS) is 10.6. The van der Waals surface area contributed by atoms with Crippen LogP contribution in [0.25, 0.3) is 10.9 Å². The lowest BCUT2D eigenvalue weighted by atomic mass is 10.2. The van der Waals surface area contributed by atoms with E-state index in [1.54, 1.807) is 6.20 Å². The van der Waals surface area contributed by atoms with Crippen molar-refractivity contribution in [2.45, 2.75) is 4.90 Å². The number of aromatic amines is 1. The number of nitrogens with one attached hydrogen (secondary N) is 1. The zero-order valence-corrected chi connectivity index (χ0v) is 11.5. The third-order valence-electron chi connectivity index (χ3n) is 2.97. The maximum Gasteiger partial charge on any atom is 0.341 e. The highest BCUT2D eigenvalue weighted by Gasteiger charge is 2.12. The molecule has 1 N–H and O–H groups in total. The summed E-state index contributed by atoms with van der Waals surface area (Å²) in [6.45, 7) is 0. The Balaban J connectivity index is 1.65. The second kappa shape index (κ2) is 5.84. The number of thioether (sulfide) groups is 1. The highest BCUT2D eigenvalue weighted by Crippen LogP contribution is 2.21. The molecular weight excluding hydrogens is 270 g/mol. The fraction of sp³-hybridized carbons (Fsp3) is 0.0625. The lowest BCUT2D eigenvalue weighted by Crippen LogP contribution is -2.03. The van der Waals surface area contributed by atoms with E-state index in [0.717, 1.165) is 15.8 Å². The Hall–Kier alpha value is -2.20. The van der Waals surface area contributed by atoms with Gasteiger partial charge < -0.3 is 9.72 Å². The maximum absolute atomic E-state index is 12.1. The number of benzene rings is 2. The summed E-state index contributed by atoms with van der Waals surface area (Å²) in [4.78, 5) is 16.2. The summed E-state index contributed by atoms with van der Waals surface area (Å²) in [5.74, 6) is 0.00778. The van der Waals surface area contributed by atoms with Crippen molar-refractivity contribution in [2.24, 2.45) is 0 Å². The van der Waals surface area contributed by atoms with Crippen LogP contribution in [0.5, 0.6) is 0 Å². The molecule has 20 heavy (non-hydrogen) atoms. The largest absolute Gasteiger partial charge is 0.451 e. The number of carbonyl (C=O) groups excluding carboxylic acids is 1. The van der Waals surface area contributed by atoms with Crippen molar-refractivity contribution in [3.05, 3.63) is 66.4 Å². The van der Waals surface area contributed by atoms with Gasteiger partial charge in [-0.3, -0.25) is 0 Å². The van der Waals surface area contributed by atoms with Gasteiger partial charge in [0.25, 0.3) is 0 Å². The molecule has 0 aliphatic heterocycles. The minimum absolute atomic E-state index is 0.300. The molecule has 0 saturated heterocycles. The van der Waals surface area contributed by atoms with Crippen molar-refractivity contribution in [3.63, 3.8) is 0 Å². The van der Waals surface area contributed by atoms with E-state index in [2.05, 4.69) is 4.98 Å². The summed E-state index contributed by atoms with van der Waals surface area (Å²) in [6.07, 6.45) is 1.69. The average molecular weight is 283 g/mol.